The van der Waals surface area contributed by atoms with Crippen LogP contribution in [0.15, 0.2) is 54.6 Å². The Balaban J connectivity index is 1.85. The molecule has 0 saturated carbocycles. The van der Waals surface area contributed by atoms with Crippen LogP contribution in [-0.2, 0) is 11.8 Å². The summed E-state index contributed by atoms with van der Waals surface area (Å²) in [6, 6.07) is 14.2. The van der Waals surface area contributed by atoms with Gasteiger partial charge in [-0.05, 0) is 29.8 Å². The molecule has 1 saturated heterocycles. The Labute approximate surface area is 155 Å². The van der Waals surface area contributed by atoms with Crippen molar-refractivity contribution in [2.24, 2.45) is 0 Å². The van der Waals surface area contributed by atoms with Crippen LogP contribution in [0.3, 0.4) is 0 Å². The van der Waals surface area contributed by atoms with Crippen LogP contribution in [0.2, 0.25) is 0 Å². The monoisotopic (exact) mass is 378 g/mol. The van der Waals surface area contributed by atoms with E-state index in [9.17, 15) is 18.0 Å². The van der Waals surface area contributed by atoms with Crippen LogP contribution in [0.4, 0.5) is 18.0 Å². The smallest absolute Gasteiger partial charge is 0.416 e. The fraction of sp³-hybridized carbons (Fsp3) is 0.350. The lowest BCUT2D eigenvalue weighted by molar-refractivity contribution is -0.137. The summed E-state index contributed by atoms with van der Waals surface area (Å²) < 4.78 is 44.6. The standard InChI is InChI=1S/C20H21F3N2O2/c1-24-18(26)25-13-11-19(12-14-25,15-5-3-2-4-6-15)27-17-9-7-16(8-10-17)20(21,22)23/h2-10H,11-14H2,1H3,(H,24,26). The molecule has 0 bridgehead atoms. The quantitative estimate of drug-likeness (QED) is 0.859. The second kappa shape index (κ2) is 7.50. The third-order valence-corrected chi connectivity index (χ3v) is 4.87. The number of carbonyl (C=O) groups excluding carboxylic acids is 1. The van der Waals surface area contributed by atoms with Gasteiger partial charge in [0.2, 0.25) is 0 Å². The van der Waals surface area contributed by atoms with Gasteiger partial charge in [-0.3, -0.25) is 0 Å². The van der Waals surface area contributed by atoms with Crippen molar-refractivity contribution in [3.8, 4) is 5.75 Å². The first-order valence-corrected chi connectivity index (χ1v) is 8.72. The molecule has 1 N–H and O–H groups in total. The van der Waals surface area contributed by atoms with Gasteiger partial charge in [-0.1, -0.05) is 30.3 Å². The molecular weight excluding hydrogens is 357 g/mol. The van der Waals surface area contributed by atoms with E-state index in [0.717, 1.165) is 17.7 Å². The zero-order valence-corrected chi connectivity index (χ0v) is 14.9. The van der Waals surface area contributed by atoms with E-state index in [4.69, 9.17) is 4.74 Å². The highest BCUT2D eigenvalue weighted by Crippen LogP contribution is 2.39. The number of nitrogens with zero attached hydrogens (tertiary/aromatic N) is 1. The number of amides is 2. The molecule has 1 aliphatic heterocycles. The molecule has 1 aliphatic rings. The number of rotatable bonds is 3. The summed E-state index contributed by atoms with van der Waals surface area (Å²) in [6.45, 7) is 0.990. The van der Waals surface area contributed by atoms with Crippen molar-refractivity contribution < 1.29 is 22.7 Å². The molecule has 7 heteroatoms. The van der Waals surface area contributed by atoms with Crippen LogP contribution in [0.5, 0.6) is 5.75 Å². The topological polar surface area (TPSA) is 41.6 Å². The zero-order chi connectivity index (χ0) is 19.5. The van der Waals surface area contributed by atoms with E-state index in [0.29, 0.717) is 31.7 Å². The van der Waals surface area contributed by atoms with Gasteiger partial charge in [-0.2, -0.15) is 13.2 Å². The van der Waals surface area contributed by atoms with Gasteiger partial charge in [0.25, 0.3) is 0 Å². The molecule has 1 fully saturated rings. The molecule has 144 valence electrons. The van der Waals surface area contributed by atoms with E-state index in [-0.39, 0.29) is 6.03 Å². The van der Waals surface area contributed by atoms with Gasteiger partial charge in [-0.15, -0.1) is 0 Å². The third kappa shape index (κ3) is 4.18. The Bertz CT molecular complexity index is 768. The van der Waals surface area contributed by atoms with Crippen molar-refractivity contribution in [3.63, 3.8) is 0 Å². The summed E-state index contributed by atoms with van der Waals surface area (Å²) in [6.07, 6.45) is -3.29. The molecule has 0 atom stereocenters. The SMILES string of the molecule is CNC(=O)N1CCC(Oc2ccc(C(F)(F)F)cc2)(c2ccccc2)CC1. The van der Waals surface area contributed by atoms with Crippen molar-refractivity contribution in [2.45, 2.75) is 24.6 Å². The fourth-order valence-electron chi connectivity index (χ4n) is 3.36. The Morgan fingerprint density at radius 1 is 1.04 bits per heavy atom. The first-order chi connectivity index (χ1) is 12.8. The number of likely N-dealkylation sites (tertiary alicyclic amines) is 1. The molecule has 1 heterocycles. The lowest BCUT2D eigenvalue weighted by atomic mass is 9.84. The summed E-state index contributed by atoms with van der Waals surface area (Å²) in [4.78, 5) is 13.6. The number of benzene rings is 2. The van der Waals surface area contributed by atoms with E-state index in [1.807, 2.05) is 30.3 Å². The van der Waals surface area contributed by atoms with Crippen LogP contribution in [0.1, 0.15) is 24.0 Å². The Kier molecular flexibility index (Phi) is 5.30. The normalized spacial score (nSPS) is 16.7. The first-order valence-electron chi connectivity index (χ1n) is 8.72. The summed E-state index contributed by atoms with van der Waals surface area (Å²) in [7, 11) is 1.58. The number of nitrogens with one attached hydrogen (secondary N) is 1. The molecule has 0 aromatic heterocycles. The predicted octanol–water partition coefficient (Wildman–Crippen LogP) is 4.41. The second-order valence-electron chi connectivity index (χ2n) is 6.53. The summed E-state index contributed by atoms with van der Waals surface area (Å²) in [5.74, 6) is 0.375. The number of carbonyl (C=O) groups is 1. The van der Waals surface area contributed by atoms with E-state index >= 15 is 0 Å². The van der Waals surface area contributed by atoms with E-state index in [2.05, 4.69) is 5.32 Å². The van der Waals surface area contributed by atoms with Crippen molar-refractivity contribution in [3.05, 3.63) is 65.7 Å². The summed E-state index contributed by atoms with van der Waals surface area (Å²) in [5.41, 5.74) is -0.453. The van der Waals surface area contributed by atoms with Crippen molar-refractivity contribution >= 4 is 6.03 Å². The van der Waals surface area contributed by atoms with Crippen molar-refractivity contribution in [1.29, 1.82) is 0 Å². The van der Waals surface area contributed by atoms with Gasteiger partial charge in [0, 0.05) is 33.0 Å². The lowest BCUT2D eigenvalue weighted by Gasteiger charge is -2.42. The number of urea groups is 1. The van der Waals surface area contributed by atoms with Crippen molar-refractivity contribution in [1.82, 2.24) is 10.2 Å². The van der Waals surface area contributed by atoms with E-state index in [1.165, 1.54) is 12.1 Å². The van der Waals surface area contributed by atoms with Crippen LogP contribution >= 0.6 is 0 Å². The average Bonchev–Trinajstić information content (AvgIpc) is 2.68. The van der Waals surface area contributed by atoms with Crippen molar-refractivity contribution in [2.75, 3.05) is 20.1 Å². The summed E-state index contributed by atoms with van der Waals surface area (Å²) in [5, 5.41) is 2.61. The number of piperidine rings is 1. The maximum atomic E-state index is 12.8. The zero-order valence-electron chi connectivity index (χ0n) is 14.9. The number of hydrogen-bond donors (Lipinski definition) is 1. The maximum absolute atomic E-state index is 12.8. The van der Waals surface area contributed by atoms with Gasteiger partial charge in [0.15, 0.2) is 0 Å². The first kappa shape index (κ1) is 19.1. The Morgan fingerprint density at radius 2 is 1.63 bits per heavy atom. The molecule has 2 aromatic carbocycles. The highest BCUT2D eigenvalue weighted by Gasteiger charge is 2.39. The molecule has 0 radical (unpaired) electrons. The highest BCUT2D eigenvalue weighted by atomic mass is 19.4. The minimum absolute atomic E-state index is 0.147. The van der Waals surface area contributed by atoms with Gasteiger partial charge in [-0.25, -0.2) is 4.79 Å². The third-order valence-electron chi connectivity index (χ3n) is 4.87. The van der Waals surface area contributed by atoms with Gasteiger partial charge in [0.05, 0.1) is 5.56 Å². The number of hydrogen-bond acceptors (Lipinski definition) is 2. The van der Waals surface area contributed by atoms with Crippen LogP contribution in [-0.4, -0.2) is 31.1 Å². The highest BCUT2D eigenvalue weighted by molar-refractivity contribution is 5.73. The molecule has 0 aliphatic carbocycles. The molecule has 27 heavy (non-hydrogen) atoms. The molecular formula is C20H21F3N2O2. The van der Waals surface area contributed by atoms with Crippen LogP contribution in [0.25, 0.3) is 0 Å². The molecule has 0 unspecified atom stereocenters. The molecule has 0 spiro atoms. The lowest BCUT2D eigenvalue weighted by Crippen LogP contribution is -2.50. The summed E-state index contributed by atoms with van der Waals surface area (Å²) >= 11 is 0. The van der Waals surface area contributed by atoms with Gasteiger partial charge >= 0.3 is 12.2 Å². The number of alkyl halides is 3. The van der Waals surface area contributed by atoms with Crippen LogP contribution in [0, 0.1) is 0 Å². The van der Waals surface area contributed by atoms with E-state index in [1.54, 1.807) is 11.9 Å². The predicted molar refractivity (Wildman–Crippen MR) is 95.5 cm³/mol. The minimum atomic E-state index is -4.38. The number of ether oxygens (including phenoxy) is 1. The van der Waals surface area contributed by atoms with Crippen LogP contribution < -0.4 is 10.1 Å². The fourth-order valence-corrected chi connectivity index (χ4v) is 3.36. The maximum Gasteiger partial charge on any atom is 0.416 e. The second-order valence-corrected chi connectivity index (χ2v) is 6.53. The molecule has 2 amide bonds. The van der Waals surface area contributed by atoms with Gasteiger partial charge < -0.3 is 15.0 Å². The molecule has 4 nitrogen and oxygen atoms in total. The van der Waals surface area contributed by atoms with E-state index < -0.39 is 17.3 Å². The number of halogens is 3. The average molecular weight is 378 g/mol. The molecule has 3 rings (SSSR count). The Morgan fingerprint density at radius 3 is 2.15 bits per heavy atom. The Hall–Kier alpha value is -2.70. The minimum Gasteiger partial charge on any atom is -0.482 e. The largest absolute Gasteiger partial charge is 0.482 e. The van der Waals surface area contributed by atoms with Gasteiger partial charge in [0.1, 0.15) is 11.4 Å². The molecule has 2 aromatic rings.